The van der Waals surface area contributed by atoms with Crippen LogP contribution in [0.4, 0.5) is 8.78 Å². The zero-order chi connectivity index (χ0) is 17.0. The number of ether oxygens (including phenoxy) is 1. The second kappa shape index (κ2) is 7.17. The fourth-order valence-corrected chi connectivity index (χ4v) is 2.04. The third-order valence-corrected chi connectivity index (χ3v) is 3.16. The van der Waals surface area contributed by atoms with Gasteiger partial charge in [0.15, 0.2) is 24.0 Å². The molecule has 0 aliphatic rings. The molecule has 0 spiro atoms. The van der Waals surface area contributed by atoms with Gasteiger partial charge in [0.2, 0.25) is 0 Å². The van der Waals surface area contributed by atoms with E-state index in [1.807, 2.05) is 5.43 Å². The van der Waals surface area contributed by atoms with E-state index in [9.17, 15) is 18.4 Å². The van der Waals surface area contributed by atoms with Crippen LogP contribution in [-0.2, 0) is 4.79 Å². The number of rotatable bonds is 5. The van der Waals surface area contributed by atoms with E-state index in [-0.39, 0.29) is 21.9 Å². The van der Waals surface area contributed by atoms with Crippen LogP contribution in [0, 0.1) is 11.6 Å². The summed E-state index contributed by atoms with van der Waals surface area (Å²) in [7, 11) is 0. The highest BCUT2D eigenvalue weighted by Crippen LogP contribution is 2.30. The number of nitrogens with one attached hydrogen (secondary N) is 1. The van der Waals surface area contributed by atoms with Crippen molar-refractivity contribution in [2.45, 2.75) is 0 Å². The van der Waals surface area contributed by atoms with E-state index < -0.39 is 29.9 Å². The molecule has 23 heavy (non-hydrogen) atoms. The maximum atomic E-state index is 14.0. The average molecular weight is 341 g/mol. The summed E-state index contributed by atoms with van der Waals surface area (Å²) in [5, 5.41) is -0.180. The summed E-state index contributed by atoms with van der Waals surface area (Å²) in [6.45, 7) is -0.529. The lowest BCUT2D eigenvalue weighted by molar-refractivity contribution is -0.123. The molecule has 0 fully saturated rings. The number of hydrogen-bond acceptors (Lipinski definition) is 4. The van der Waals surface area contributed by atoms with Gasteiger partial charge in [0.1, 0.15) is 5.82 Å². The van der Waals surface area contributed by atoms with Crippen LogP contribution in [-0.4, -0.2) is 18.3 Å². The van der Waals surface area contributed by atoms with Gasteiger partial charge < -0.3 is 4.74 Å². The third kappa shape index (κ3) is 4.02. The molecule has 2 rings (SSSR count). The molecule has 2 aromatic carbocycles. The quantitative estimate of drug-likeness (QED) is 0.378. The van der Waals surface area contributed by atoms with Crippen LogP contribution in [0.2, 0.25) is 5.02 Å². The lowest BCUT2D eigenvalue weighted by atomic mass is 10.0. The molecular formula is C15H11ClF2N2O3. The Balaban J connectivity index is 2.26. The van der Waals surface area contributed by atoms with E-state index in [0.29, 0.717) is 0 Å². The molecule has 8 heteroatoms. The van der Waals surface area contributed by atoms with Crippen LogP contribution in [0.1, 0.15) is 15.9 Å². The summed E-state index contributed by atoms with van der Waals surface area (Å²) >= 11 is 5.88. The maximum Gasteiger partial charge on any atom is 0.271 e. The normalized spacial score (nSPS) is 10.3. The number of benzene rings is 2. The maximum absolute atomic E-state index is 14.0. The van der Waals surface area contributed by atoms with E-state index >= 15 is 0 Å². The molecule has 0 heterocycles. The van der Waals surface area contributed by atoms with Gasteiger partial charge in [-0.3, -0.25) is 15.0 Å². The molecule has 1 amide bonds. The van der Waals surface area contributed by atoms with Crippen molar-refractivity contribution in [2.75, 3.05) is 6.61 Å². The predicted octanol–water partition coefficient (Wildman–Crippen LogP) is 2.22. The zero-order valence-electron chi connectivity index (χ0n) is 11.6. The number of nitrogens with two attached hydrogens (primary N) is 1. The van der Waals surface area contributed by atoms with Crippen molar-refractivity contribution in [1.29, 1.82) is 0 Å². The zero-order valence-corrected chi connectivity index (χ0v) is 12.4. The van der Waals surface area contributed by atoms with Gasteiger partial charge in [0, 0.05) is 11.1 Å². The van der Waals surface area contributed by atoms with Crippen LogP contribution in [0.3, 0.4) is 0 Å². The largest absolute Gasteiger partial charge is 0.479 e. The Hall–Kier alpha value is -2.51. The van der Waals surface area contributed by atoms with Crippen molar-refractivity contribution < 1.29 is 23.1 Å². The third-order valence-electron chi connectivity index (χ3n) is 2.88. The second-order valence-corrected chi connectivity index (χ2v) is 4.87. The molecule has 0 aliphatic heterocycles. The summed E-state index contributed by atoms with van der Waals surface area (Å²) in [4.78, 5) is 23.2. The first-order valence-electron chi connectivity index (χ1n) is 6.34. The van der Waals surface area contributed by atoms with Crippen molar-refractivity contribution in [3.8, 4) is 5.75 Å². The van der Waals surface area contributed by atoms with Crippen molar-refractivity contribution >= 4 is 23.3 Å². The van der Waals surface area contributed by atoms with Gasteiger partial charge in [0.05, 0.1) is 5.02 Å². The van der Waals surface area contributed by atoms with Crippen molar-refractivity contribution in [3.05, 3.63) is 64.2 Å². The number of halogens is 3. The highest BCUT2D eigenvalue weighted by Gasteiger charge is 2.17. The minimum atomic E-state index is -0.909. The number of amides is 1. The number of hydrogen-bond donors (Lipinski definition) is 2. The van der Waals surface area contributed by atoms with E-state index in [0.717, 1.165) is 18.2 Å². The van der Waals surface area contributed by atoms with E-state index in [4.69, 9.17) is 22.2 Å². The van der Waals surface area contributed by atoms with Gasteiger partial charge >= 0.3 is 0 Å². The number of hydrazine groups is 1. The molecule has 0 saturated heterocycles. The second-order valence-electron chi connectivity index (χ2n) is 4.46. The Morgan fingerprint density at radius 2 is 1.78 bits per heavy atom. The lowest BCUT2D eigenvalue weighted by Crippen LogP contribution is -2.34. The summed E-state index contributed by atoms with van der Waals surface area (Å²) in [5.74, 6) is 1.90. The van der Waals surface area contributed by atoms with Gasteiger partial charge in [-0.2, -0.15) is 0 Å². The molecule has 0 bridgehead atoms. The Kier molecular flexibility index (Phi) is 5.25. The summed E-state index contributed by atoms with van der Waals surface area (Å²) < 4.78 is 31.8. The number of carbonyl (C=O) groups is 2. The fourth-order valence-electron chi connectivity index (χ4n) is 1.78. The minimum absolute atomic E-state index is 0.0327. The molecule has 5 nitrogen and oxygen atoms in total. The first kappa shape index (κ1) is 16.9. The topological polar surface area (TPSA) is 81.4 Å². The molecule has 2 aromatic rings. The molecular weight excluding hydrogens is 330 g/mol. The summed E-state index contributed by atoms with van der Waals surface area (Å²) in [6.07, 6.45) is 0. The van der Waals surface area contributed by atoms with E-state index in [1.165, 1.54) is 18.2 Å². The Morgan fingerprint density at radius 3 is 2.35 bits per heavy atom. The lowest BCUT2D eigenvalue weighted by Gasteiger charge is -2.10. The standard InChI is InChI=1S/C15H11ClF2N2O3/c16-11-5-9(14(22)8-1-3-10(17)4-2-8)6-12(18)15(11)23-7-13(21)20-19/h1-6H,7,19H2,(H,20,21). The molecule has 0 unspecified atom stereocenters. The van der Waals surface area contributed by atoms with E-state index in [1.54, 1.807) is 0 Å². The van der Waals surface area contributed by atoms with Gasteiger partial charge in [-0.05, 0) is 36.4 Å². The monoisotopic (exact) mass is 340 g/mol. The molecule has 0 radical (unpaired) electrons. The number of carbonyl (C=O) groups excluding carboxylic acids is 2. The van der Waals surface area contributed by atoms with Gasteiger partial charge in [0.25, 0.3) is 5.91 Å². The SMILES string of the molecule is NNC(=O)COc1c(F)cc(C(=O)c2ccc(F)cc2)cc1Cl. The summed E-state index contributed by atoms with van der Waals surface area (Å²) in [5.41, 5.74) is 1.96. The Labute approximate surface area is 135 Å². The smallest absolute Gasteiger partial charge is 0.271 e. The van der Waals surface area contributed by atoms with Crippen molar-refractivity contribution in [2.24, 2.45) is 5.84 Å². The first-order valence-corrected chi connectivity index (χ1v) is 6.71. The molecule has 0 aromatic heterocycles. The Morgan fingerprint density at radius 1 is 1.13 bits per heavy atom. The molecule has 3 N–H and O–H groups in total. The van der Waals surface area contributed by atoms with Crippen LogP contribution in [0.5, 0.6) is 5.75 Å². The van der Waals surface area contributed by atoms with Crippen molar-refractivity contribution in [3.63, 3.8) is 0 Å². The van der Waals surface area contributed by atoms with Gasteiger partial charge in [-0.25, -0.2) is 14.6 Å². The average Bonchev–Trinajstić information content (AvgIpc) is 2.53. The molecule has 0 aliphatic carbocycles. The first-order chi connectivity index (χ1) is 10.9. The van der Waals surface area contributed by atoms with Crippen LogP contribution >= 0.6 is 11.6 Å². The van der Waals surface area contributed by atoms with Crippen molar-refractivity contribution in [1.82, 2.24) is 5.43 Å². The van der Waals surface area contributed by atoms with Crippen LogP contribution in [0.25, 0.3) is 0 Å². The van der Waals surface area contributed by atoms with E-state index in [2.05, 4.69) is 0 Å². The predicted molar refractivity (Wildman–Crippen MR) is 79.1 cm³/mol. The van der Waals surface area contributed by atoms with Gasteiger partial charge in [-0.1, -0.05) is 11.6 Å². The highest BCUT2D eigenvalue weighted by atomic mass is 35.5. The molecule has 0 atom stereocenters. The van der Waals surface area contributed by atoms with Crippen LogP contribution in [0.15, 0.2) is 36.4 Å². The highest BCUT2D eigenvalue weighted by molar-refractivity contribution is 6.32. The molecule has 0 saturated carbocycles. The molecule has 120 valence electrons. The van der Waals surface area contributed by atoms with Gasteiger partial charge in [-0.15, -0.1) is 0 Å². The minimum Gasteiger partial charge on any atom is -0.479 e. The summed E-state index contributed by atoms with van der Waals surface area (Å²) in [6, 6.07) is 6.92. The Bertz CT molecular complexity index is 728. The fraction of sp³-hybridized carbons (Fsp3) is 0.0667. The number of ketones is 1. The van der Waals surface area contributed by atoms with Crippen LogP contribution < -0.4 is 16.0 Å².